The van der Waals surface area contributed by atoms with E-state index in [0.29, 0.717) is 5.56 Å². The number of nitrogens with one attached hydrogen (secondary N) is 2. The molecule has 2 amide bonds. The minimum atomic E-state index is -4.36. The van der Waals surface area contributed by atoms with E-state index in [-0.39, 0.29) is 24.1 Å². The summed E-state index contributed by atoms with van der Waals surface area (Å²) in [6.07, 6.45) is 0. The summed E-state index contributed by atoms with van der Waals surface area (Å²) in [6, 6.07) is 5.87. The molecular formula is C12H13F3N2O3S. The van der Waals surface area contributed by atoms with Crippen molar-refractivity contribution in [3.05, 3.63) is 35.9 Å². The number of urea groups is 1. The Morgan fingerprint density at radius 1 is 1.24 bits per heavy atom. The predicted molar refractivity (Wildman–Crippen MR) is 71.9 cm³/mol. The third-order valence-electron chi connectivity index (χ3n) is 2.31. The first-order chi connectivity index (χ1) is 9.79. The summed E-state index contributed by atoms with van der Waals surface area (Å²) >= 11 is -0.262. The van der Waals surface area contributed by atoms with E-state index in [1.807, 2.05) is 0 Å². The first-order valence-corrected chi connectivity index (χ1v) is 6.81. The van der Waals surface area contributed by atoms with Crippen molar-refractivity contribution < 1.29 is 27.9 Å². The topological polar surface area (TPSA) is 78.4 Å². The third-order valence-corrected chi connectivity index (χ3v) is 3.04. The van der Waals surface area contributed by atoms with Crippen molar-refractivity contribution in [3.63, 3.8) is 0 Å². The maximum atomic E-state index is 11.9. The summed E-state index contributed by atoms with van der Waals surface area (Å²) in [4.78, 5) is 22.6. The van der Waals surface area contributed by atoms with E-state index < -0.39 is 23.6 Å². The zero-order valence-electron chi connectivity index (χ0n) is 10.7. The van der Waals surface area contributed by atoms with Crippen LogP contribution >= 0.6 is 11.8 Å². The summed E-state index contributed by atoms with van der Waals surface area (Å²) in [5, 5.41) is 13.4. The van der Waals surface area contributed by atoms with Crippen LogP contribution in [0.4, 0.5) is 18.0 Å². The van der Waals surface area contributed by atoms with Gasteiger partial charge in [-0.3, -0.25) is 0 Å². The van der Waals surface area contributed by atoms with Crippen molar-refractivity contribution in [1.29, 1.82) is 0 Å². The lowest BCUT2D eigenvalue weighted by molar-refractivity contribution is -0.139. The van der Waals surface area contributed by atoms with Gasteiger partial charge in [0, 0.05) is 12.3 Å². The van der Waals surface area contributed by atoms with Crippen LogP contribution in [0.1, 0.15) is 11.6 Å². The molecule has 116 valence electrons. The number of alkyl halides is 3. The average Bonchev–Trinajstić information content (AvgIpc) is 2.40. The Bertz CT molecular complexity index is 482. The van der Waals surface area contributed by atoms with Crippen molar-refractivity contribution >= 4 is 23.8 Å². The first kappa shape index (κ1) is 17.2. The Kier molecular flexibility index (Phi) is 6.35. The lowest BCUT2D eigenvalue weighted by Crippen LogP contribution is -2.41. The fourth-order valence-electron chi connectivity index (χ4n) is 1.45. The van der Waals surface area contributed by atoms with E-state index >= 15 is 0 Å². The maximum absolute atomic E-state index is 11.9. The number of amides is 2. The molecular weight excluding hydrogens is 309 g/mol. The summed E-state index contributed by atoms with van der Waals surface area (Å²) < 4.78 is 35.6. The van der Waals surface area contributed by atoms with Crippen molar-refractivity contribution in [2.75, 3.05) is 12.3 Å². The van der Waals surface area contributed by atoms with Crippen LogP contribution in [0.2, 0.25) is 0 Å². The van der Waals surface area contributed by atoms with Crippen LogP contribution < -0.4 is 10.6 Å². The molecule has 1 atom stereocenters. The van der Waals surface area contributed by atoms with E-state index in [4.69, 9.17) is 5.11 Å². The Morgan fingerprint density at radius 2 is 1.86 bits per heavy atom. The second-order valence-electron chi connectivity index (χ2n) is 3.88. The number of halogens is 3. The number of aliphatic carboxylic acids is 1. The van der Waals surface area contributed by atoms with Gasteiger partial charge in [-0.2, -0.15) is 13.2 Å². The minimum Gasteiger partial charge on any atom is -0.479 e. The van der Waals surface area contributed by atoms with Crippen LogP contribution in [0.25, 0.3) is 0 Å². The number of carbonyl (C=O) groups excluding carboxylic acids is 1. The van der Waals surface area contributed by atoms with Gasteiger partial charge in [0.25, 0.3) is 0 Å². The number of rotatable bonds is 6. The predicted octanol–water partition coefficient (Wildman–Crippen LogP) is 2.36. The number of carboxylic acids is 1. The number of carboxylic acid groups (broad SMARTS) is 1. The molecule has 3 N–H and O–H groups in total. The van der Waals surface area contributed by atoms with Gasteiger partial charge in [-0.05, 0) is 17.3 Å². The molecule has 0 unspecified atom stereocenters. The van der Waals surface area contributed by atoms with E-state index in [0.717, 1.165) is 0 Å². The summed E-state index contributed by atoms with van der Waals surface area (Å²) in [6.45, 7) is -0.225. The van der Waals surface area contributed by atoms with Crippen molar-refractivity contribution in [2.24, 2.45) is 0 Å². The Labute approximate surface area is 122 Å². The lowest BCUT2D eigenvalue weighted by Gasteiger charge is -2.15. The standard InChI is InChI=1S/C12H13F3N2O3S/c13-12(14,15)21-7-6-16-11(20)17-9(10(18)19)8-4-2-1-3-5-8/h1-5,9H,6-7H2,(H,18,19)(H2,16,17,20)/t9-/m0/s1. The fourth-order valence-corrected chi connectivity index (χ4v) is 1.88. The van der Waals surface area contributed by atoms with Crippen LogP contribution in [0, 0.1) is 0 Å². The molecule has 0 radical (unpaired) electrons. The van der Waals surface area contributed by atoms with Gasteiger partial charge < -0.3 is 15.7 Å². The van der Waals surface area contributed by atoms with E-state index in [2.05, 4.69) is 10.6 Å². The lowest BCUT2D eigenvalue weighted by atomic mass is 10.1. The molecule has 0 aliphatic rings. The number of hydrogen-bond acceptors (Lipinski definition) is 3. The van der Waals surface area contributed by atoms with Gasteiger partial charge in [0.1, 0.15) is 0 Å². The highest BCUT2D eigenvalue weighted by Crippen LogP contribution is 2.29. The monoisotopic (exact) mass is 322 g/mol. The van der Waals surface area contributed by atoms with Crippen LogP contribution in [0.15, 0.2) is 30.3 Å². The molecule has 0 aliphatic carbocycles. The van der Waals surface area contributed by atoms with Crippen LogP contribution in [-0.2, 0) is 4.79 Å². The second-order valence-corrected chi connectivity index (χ2v) is 5.04. The van der Waals surface area contributed by atoms with E-state index in [1.54, 1.807) is 18.2 Å². The smallest absolute Gasteiger partial charge is 0.441 e. The Hall–Kier alpha value is -1.90. The van der Waals surface area contributed by atoms with Gasteiger partial charge in [-0.15, -0.1) is 0 Å². The van der Waals surface area contributed by atoms with Gasteiger partial charge in [0.2, 0.25) is 0 Å². The molecule has 0 spiro atoms. The number of benzene rings is 1. The largest absolute Gasteiger partial charge is 0.479 e. The zero-order valence-corrected chi connectivity index (χ0v) is 11.5. The molecule has 9 heteroatoms. The Morgan fingerprint density at radius 3 is 2.38 bits per heavy atom. The van der Waals surface area contributed by atoms with Crippen LogP contribution in [-0.4, -0.2) is 34.9 Å². The summed E-state index contributed by atoms with van der Waals surface area (Å²) in [5.74, 6) is -1.61. The van der Waals surface area contributed by atoms with Crippen molar-refractivity contribution in [3.8, 4) is 0 Å². The normalized spacial score (nSPS) is 12.5. The minimum absolute atomic E-state index is 0.225. The Balaban J connectivity index is 2.46. The number of carbonyl (C=O) groups is 2. The van der Waals surface area contributed by atoms with Crippen LogP contribution in [0.3, 0.4) is 0 Å². The van der Waals surface area contributed by atoms with Gasteiger partial charge >= 0.3 is 17.5 Å². The van der Waals surface area contributed by atoms with Gasteiger partial charge in [0.05, 0.1) is 0 Å². The highest BCUT2D eigenvalue weighted by Gasteiger charge is 2.27. The molecule has 0 heterocycles. The summed E-state index contributed by atoms with van der Waals surface area (Å²) in [7, 11) is 0. The molecule has 0 aromatic heterocycles. The van der Waals surface area contributed by atoms with Gasteiger partial charge in [-0.1, -0.05) is 30.3 Å². The zero-order chi connectivity index (χ0) is 15.9. The molecule has 21 heavy (non-hydrogen) atoms. The molecule has 1 aromatic carbocycles. The van der Waals surface area contributed by atoms with Crippen molar-refractivity contribution in [2.45, 2.75) is 11.6 Å². The average molecular weight is 322 g/mol. The van der Waals surface area contributed by atoms with E-state index in [1.165, 1.54) is 12.1 Å². The first-order valence-electron chi connectivity index (χ1n) is 5.82. The van der Waals surface area contributed by atoms with Crippen molar-refractivity contribution in [1.82, 2.24) is 10.6 Å². The molecule has 1 rings (SSSR count). The molecule has 0 saturated heterocycles. The maximum Gasteiger partial charge on any atom is 0.441 e. The second kappa shape index (κ2) is 7.77. The summed E-state index contributed by atoms with van der Waals surface area (Å²) in [5.41, 5.74) is -3.99. The molecule has 0 bridgehead atoms. The highest BCUT2D eigenvalue weighted by molar-refractivity contribution is 8.00. The quantitative estimate of drug-likeness (QED) is 0.703. The molecule has 0 aliphatic heterocycles. The SMILES string of the molecule is O=C(NCCSC(F)(F)F)N[C@H](C(=O)O)c1ccccc1. The van der Waals surface area contributed by atoms with Gasteiger partial charge in [-0.25, -0.2) is 9.59 Å². The number of thioether (sulfide) groups is 1. The molecule has 5 nitrogen and oxygen atoms in total. The molecule has 0 saturated carbocycles. The highest BCUT2D eigenvalue weighted by atomic mass is 32.2. The van der Waals surface area contributed by atoms with E-state index in [9.17, 15) is 22.8 Å². The van der Waals surface area contributed by atoms with Crippen LogP contribution in [0.5, 0.6) is 0 Å². The van der Waals surface area contributed by atoms with Gasteiger partial charge in [0.15, 0.2) is 6.04 Å². The third kappa shape index (κ3) is 6.89. The fraction of sp³-hybridized carbons (Fsp3) is 0.333. The number of hydrogen-bond donors (Lipinski definition) is 3. The molecule has 0 fully saturated rings. The molecule has 1 aromatic rings.